The molecular weight excluding hydrogens is 723 g/mol. The topological polar surface area (TPSA) is 176 Å². The predicted octanol–water partition coefficient (Wildman–Crippen LogP) is 4.28. The molecule has 2 aliphatic heterocycles. The molecule has 308 valence electrons. The van der Waals surface area contributed by atoms with Crippen molar-refractivity contribution in [2.45, 2.75) is 143 Å². The third-order valence-corrected chi connectivity index (χ3v) is 12.3. The molecular formula is C41H65N5O8S. The molecule has 0 aromatic heterocycles. The molecule has 55 heavy (non-hydrogen) atoms. The Bertz CT molecular complexity index is 1510. The summed E-state index contributed by atoms with van der Waals surface area (Å²) in [5, 5.41) is 20.6. The number of hydrogen-bond donors (Lipinski definition) is 4. The van der Waals surface area contributed by atoms with Crippen molar-refractivity contribution in [3.05, 3.63) is 29.8 Å². The van der Waals surface area contributed by atoms with Crippen LogP contribution in [0, 0.1) is 23.2 Å². The first-order valence-electron chi connectivity index (χ1n) is 19.6. The van der Waals surface area contributed by atoms with E-state index in [0.717, 1.165) is 10.6 Å². The summed E-state index contributed by atoms with van der Waals surface area (Å²) >= 11 is 1.59. The Morgan fingerprint density at radius 3 is 2.25 bits per heavy atom. The van der Waals surface area contributed by atoms with Crippen LogP contribution in [0.15, 0.2) is 29.3 Å². The van der Waals surface area contributed by atoms with Crippen LogP contribution in [-0.4, -0.2) is 107 Å². The zero-order valence-corrected chi connectivity index (χ0v) is 35.5. The second kappa shape index (κ2) is 20.5. The fraction of sp³-hybridized carbons (Fsp3) is 0.707. The summed E-state index contributed by atoms with van der Waals surface area (Å²) in [4.78, 5) is 74.5. The van der Waals surface area contributed by atoms with Gasteiger partial charge in [0.2, 0.25) is 23.6 Å². The van der Waals surface area contributed by atoms with E-state index in [4.69, 9.17) is 14.5 Å². The van der Waals surface area contributed by atoms with Gasteiger partial charge in [0.25, 0.3) is 0 Å². The van der Waals surface area contributed by atoms with E-state index in [0.29, 0.717) is 37.2 Å². The van der Waals surface area contributed by atoms with Gasteiger partial charge in [0.05, 0.1) is 24.3 Å². The zero-order chi connectivity index (χ0) is 41.2. The molecule has 0 saturated heterocycles. The number of aliphatic hydroxyl groups is 1. The minimum atomic E-state index is -1.06. The third-order valence-electron chi connectivity index (χ3n) is 10.9. The summed E-state index contributed by atoms with van der Waals surface area (Å²) in [7, 11) is 3.07. The van der Waals surface area contributed by atoms with E-state index in [1.165, 1.54) is 18.9 Å². The first-order valence-corrected chi connectivity index (χ1v) is 20.6. The summed E-state index contributed by atoms with van der Waals surface area (Å²) in [6.45, 7) is 16.8. The van der Waals surface area contributed by atoms with Gasteiger partial charge in [-0.15, -0.1) is 11.8 Å². The molecule has 0 saturated carbocycles. The summed E-state index contributed by atoms with van der Waals surface area (Å²) in [6, 6.07) is 3.04. The number of ether oxygens (including phenoxy) is 2. The maximum absolute atomic E-state index is 14.0. The van der Waals surface area contributed by atoms with Gasteiger partial charge in [-0.2, -0.15) is 0 Å². The van der Waals surface area contributed by atoms with E-state index >= 15 is 0 Å². The Balaban J connectivity index is 1.94. The average Bonchev–Trinajstić information content (AvgIpc) is 3.62. The predicted molar refractivity (Wildman–Crippen MR) is 216 cm³/mol. The Labute approximate surface area is 331 Å². The van der Waals surface area contributed by atoms with E-state index in [2.05, 4.69) is 16.0 Å². The zero-order valence-electron chi connectivity index (χ0n) is 34.6. The smallest absolute Gasteiger partial charge is 0.328 e. The molecule has 3 rings (SSSR count). The lowest BCUT2D eigenvalue weighted by Crippen LogP contribution is -2.58. The lowest BCUT2D eigenvalue weighted by atomic mass is 9.81. The molecule has 1 aromatic carbocycles. The summed E-state index contributed by atoms with van der Waals surface area (Å²) in [5.74, 6) is -1.67. The van der Waals surface area contributed by atoms with E-state index in [9.17, 15) is 29.1 Å². The number of fused-ring (bicyclic) bond motifs is 1. The number of carbonyl (C=O) groups excluding carboxylic acids is 5. The lowest BCUT2D eigenvalue weighted by Gasteiger charge is -2.36. The van der Waals surface area contributed by atoms with Crippen LogP contribution in [0.4, 0.5) is 0 Å². The Morgan fingerprint density at radius 1 is 1.00 bits per heavy atom. The number of likely N-dealkylation sites (N-methyl/N-ethyl adjacent to an activating group) is 1. The molecule has 13 nitrogen and oxygen atoms in total. The number of cyclic esters (lactones) is 1. The minimum Gasteiger partial charge on any atom is -0.497 e. The van der Waals surface area contributed by atoms with Gasteiger partial charge in [0.15, 0.2) is 0 Å². The molecule has 4 N–H and O–H groups in total. The minimum absolute atomic E-state index is 0.000663. The van der Waals surface area contributed by atoms with Crippen LogP contribution in [0.5, 0.6) is 5.75 Å². The van der Waals surface area contributed by atoms with Gasteiger partial charge in [-0.3, -0.25) is 24.2 Å². The Hall–Kier alpha value is -3.65. The number of aliphatic imine (C=N–C) groups is 1. The highest BCUT2D eigenvalue weighted by Gasteiger charge is 2.38. The Morgan fingerprint density at radius 2 is 1.65 bits per heavy atom. The van der Waals surface area contributed by atoms with Crippen molar-refractivity contribution in [1.82, 2.24) is 20.9 Å². The lowest BCUT2D eigenvalue weighted by molar-refractivity contribution is -0.164. The van der Waals surface area contributed by atoms with Crippen molar-refractivity contribution in [2.75, 3.05) is 19.9 Å². The standard InChI is InChI=1S/C41H65N5O8S/c1-12-24(3)35-39(51)46(10)27(6)40(52)54-33(41(7,8)9)20-23(2)19-32(47)25(4)38-43-29(22-55-38)15-18-34(48)44-31(37(50)42-26(5)36(49)45-35)21-28-13-16-30(53-11)17-14-28/h13-14,16-17,23-27,29,31-33,35,47H,12,15,18-22H2,1-11H3,(H,42,50)(H,44,48)(H,45,49)/t23-,24-,25-,26-,27-,29+,31-,32-,33-,35-/m0/s1. The number of hydrogen-bond acceptors (Lipinski definition) is 10. The molecule has 4 amide bonds. The van der Waals surface area contributed by atoms with Gasteiger partial charge < -0.3 is 35.4 Å². The first-order chi connectivity index (χ1) is 25.7. The number of benzene rings is 1. The molecule has 0 radical (unpaired) electrons. The normalized spacial score (nSPS) is 30.8. The van der Waals surface area contributed by atoms with Crippen molar-refractivity contribution < 1.29 is 38.6 Å². The van der Waals surface area contributed by atoms with Crippen molar-refractivity contribution in [2.24, 2.45) is 28.2 Å². The van der Waals surface area contributed by atoms with Crippen molar-refractivity contribution in [3.63, 3.8) is 0 Å². The van der Waals surface area contributed by atoms with Gasteiger partial charge in [-0.25, -0.2) is 4.79 Å². The third kappa shape index (κ3) is 13.2. The van der Waals surface area contributed by atoms with Crippen LogP contribution in [0.2, 0.25) is 0 Å². The van der Waals surface area contributed by atoms with Crippen LogP contribution in [-0.2, 0) is 35.1 Å². The largest absolute Gasteiger partial charge is 0.497 e. The summed E-state index contributed by atoms with van der Waals surface area (Å²) < 4.78 is 11.4. The van der Waals surface area contributed by atoms with E-state index in [1.807, 2.05) is 60.6 Å². The molecule has 0 spiro atoms. The molecule has 2 aliphatic rings. The highest BCUT2D eigenvalue weighted by molar-refractivity contribution is 8.14. The van der Waals surface area contributed by atoms with Gasteiger partial charge >= 0.3 is 5.97 Å². The SMILES string of the molecule is CC[C@H](C)[C@@H]1NC(=O)[C@H](C)NC(=O)[C@H](Cc2ccc(OC)cc2)NC(=O)CC[C@@H]2CSC(=N2)[C@@H](C)[C@@H](O)C[C@H](C)C[C@@H](C(C)(C)C)OC(=O)[C@H](C)N(C)C1=O. The number of carbonyl (C=O) groups is 5. The maximum atomic E-state index is 14.0. The van der Waals surface area contributed by atoms with Crippen molar-refractivity contribution in [3.8, 4) is 5.75 Å². The molecule has 10 atom stereocenters. The van der Waals surface area contributed by atoms with E-state index in [1.54, 1.807) is 37.9 Å². The Kier molecular flexibility index (Phi) is 17.0. The van der Waals surface area contributed by atoms with E-state index in [-0.39, 0.29) is 42.5 Å². The van der Waals surface area contributed by atoms with Gasteiger partial charge in [-0.05, 0) is 68.1 Å². The molecule has 2 heterocycles. The monoisotopic (exact) mass is 787 g/mol. The van der Waals surface area contributed by atoms with Crippen LogP contribution < -0.4 is 20.7 Å². The van der Waals surface area contributed by atoms with Gasteiger partial charge in [0.1, 0.15) is 36.0 Å². The number of rotatable bonds is 5. The second-order valence-corrected chi connectivity index (χ2v) is 17.6. The molecule has 14 heteroatoms. The average molecular weight is 788 g/mol. The number of aliphatic hydroxyl groups excluding tert-OH is 1. The maximum Gasteiger partial charge on any atom is 0.328 e. The number of thioether (sulfide) groups is 1. The second-order valence-electron chi connectivity index (χ2n) is 16.6. The number of esters is 1. The molecule has 0 unspecified atom stereocenters. The molecule has 1 aromatic rings. The number of amides is 4. The van der Waals surface area contributed by atoms with Crippen LogP contribution in [0.1, 0.15) is 100.0 Å². The van der Waals surface area contributed by atoms with Crippen LogP contribution >= 0.6 is 11.8 Å². The number of nitrogens with zero attached hydrogens (tertiary/aromatic N) is 2. The highest BCUT2D eigenvalue weighted by Crippen LogP contribution is 2.33. The first kappa shape index (κ1) is 45.7. The van der Waals surface area contributed by atoms with Gasteiger partial charge in [-0.1, -0.05) is 67.0 Å². The molecule has 0 fully saturated rings. The van der Waals surface area contributed by atoms with E-state index < -0.39 is 65.5 Å². The van der Waals surface area contributed by atoms with Crippen molar-refractivity contribution >= 4 is 46.4 Å². The fourth-order valence-electron chi connectivity index (χ4n) is 6.57. The number of methoxy groups -OCH3 is 1. The molecule has 2 bridgehead atoms. The summed E-state index contributed by atoms with van der Waals surface area (Å²) in [5.41, 5.74) is 0.358. The van der Waals surface area contributed by atoms with Crippen molar-refractivity contribution in [1.29, 1.82) is 0 Å². The molecule has 0 aliphatic carbocycles. The fourth-order valence-corrected chi connectivity index (χ4v) is 7.82. The highest BCUT2D eigenvalue weighted by atomic mass is 32.2. The number of nitrogens with one attached hydrogen (secondary N) is 3. The van der Waals surface area contributed by atoms with Crippen LogP contribution in [0.25, 0.3) is 0 Å². The van der Waals surface area contributed by atoms with Crippen LogP contribution in [0.3, 0.4) is 0 Å². The van der Waals surface area contributed by atoms with Gasteiger partial charge in [0, 0.05) is 31.6 Å². The quantitative estimate of drug-likeness (QED) is 0.318. The summed E-state index contributed by atoms with van der Waals surface area (Å²) in [6.07, 6.45) is 1.13.